The molecule has 4 nitrogen and oxygen atoms in total. The molecule has 0 saturated carbocycles. The normalized spacial score (nSPS) is 10.4. The highest BCUT2D eigenvalue weighted by Crippen LogP contribution is 2.12. The van der Waals surface area contributed by atoms with E-state index in [1.54, 1.807) is 36.4 Å². The molecule has 0 fully saturated rings. The molecule has 0 aliphatic heterocycles. The number of hydrogen-bond acceptors (Lipinski definition) is 3. The van der Waals surface area contributed by atoms with Crippen LogP contribution in [0.1, 0.15) is 5.56 Å². The maximum atomic E-state index is 13.0. The Morgan fingerprint density at radius 2 is 2.00 bits per heavy atom. The maximum absolute atomic E-state index is 13.0. The van der Waals surface area contributed by atoms with Gasteiger partial charge in [0.15, 0.2) is 5.11 Å². The lowest BCUT2D eigenvalue weighted by Gasteiger charge is -2.06. The molecule has 2 rings (SSSR count). The third-order valence-corrected chi connectivity index (χ3v) is 2.58. The first-order chi connectivity index (χ1) is 9.65. The van der Waals surface area contributed by atoms with Crippen molar-refractivity contribution in [3.05, 3.63) is 59.9 Å². The summed E-state index contributed by atoms with van der Waals surface area (Å²) in [5.41, 5.74) is 3.67. The molecule has 0 aromatic heterocycles. The summed E-state index contributed by atoms with van der Waals surface area (Å²) < 4.78 is 13.0. The summed E-state index contributed by atoms with van der Waals surface area (Å²) in [4.78, 5) is 0. The van der Waals surface area contributed by atoms with Crippen LogP contribution < -0.4 is 10.7 Å². The van der Waals surface area contributed by atoms with Crippen LogP contribution in [-0.2, 0) is 0 Å². The molecule has 0 aliphatic rings. The summed E-state index contributed by atoms with van der Waals surface area (Å²) in [6.45, 7) is 0. The Balaban J connectivity index is 1.91. The summed E-state index contributed by atoms with van der Waals surface area (Å²) in [5, 5.41) is 16.4. The number of hydrazone groups is 1. The SMILES string of the molecule is Oc1ccccc1/C=N/NC(=S)Nc1cccc(F)c1. The quantitative estimate of drug-likeness (QED) is 0.462. The first-order valence-corrected chi connectivity index (χ1v) is 6.19. The topological polar surface area (TPSA) is 56.7 Å². The molecule has 0 heterocycles. The second kappa shape index (κ2) is 6.63. The van der Waals surface area contributed by atoms with Crippen molar-refractivity contribution in [3.63, 3.8) is 0 Å². The molecule has 0 radical (unpaired) electrons. The van der Waals surface area contributed by atoms with E-state index in [-0.39, 0.29) is 16.7 Å². The second-order valence-corrected chi connectivity index (χ2v) is 4.30. The van der Waals surface area contributed by atoms with E-state index in [2.05, 4.69) is 15.8 Å². The van der Waals surface area contributed by atoms with E-state index >= 15 is 0 Å². The minimum absolute atomic E-state index is 0.127. The predicted molar refractivity (Wildman–Crippen MR) is 81.5 cm³/mol. The summed E-state index contributed by atoms with van der Waals surface area (Å²) >= 11 is 5.01. The molecule has 0 aliphatic carbocycles. The number of anilines is 1. The Morgan fingerprint density at radius 3 is 2.75 bits per heavy atom. The monoisotopic (exact) mass is 289 g/mol. The van der Waals surface area contributed by atoms with Crippen molar-refractivity contribution in [2.24, 2.45) is 5.10 Å². The number of aromatic hydroxyl groups is 1. The van der Waals surface area contributed by atoms with Crippen LogP contribution in [0.3, 0.4) is 0 Å². The Hall–Kier alpha value is -2.47. The molecule has 0 atom stereocenters. The van der Waals surface area contributed by atoms with Gasteiger partial charge in [-0.05, 0) is 42.5 Å². The summed E-state index contributed by atoms with van der Waals surface area (Å²) in [6.07, 6.45) is 1.44. The lowest BCUT2D eigenvalue weighted by molar-refractivity contribution is 0.474. The molecular weight excluding hydrogens is 277 g/mol. The van der Waals surface area contributed by atoms with E-state index in [1.807, 2.05) is 0 Å². The number of para-hydroxylation sites is 1. The van der Waals surface area contributed by atoms with Gasteiger partial charge in [0.25, 0.3) is 0 Å². The average Bonchev–Trinajstić information content (AvgIpc) is 2.41. The minimum Gasteiger partial charge on any atom is -0.507 e. The smallest absolute Gasteiger partial charge is 0.191 e. The predicted octanol–water partition coefficient (Wildman–Crippen LogP) is 2.85. The van der Waals surface area contributed by atoms with Crippen molar-refractivity contribution < 1.29 is 9.50 Å². The van der Waals surface area contributed by atoms with Crippen LogP contribution in [0.5, 0.6) is 5.75 Å². The van der Waals surface area contributed by atoms with Gasteiger partial charge >= 0.3 is 0 Å². The molecule has 0 unspecified atom stereocenters. The fourth-order valence-electron chi connectivity index (χ4n) is 1.48. The maximum Gasteiger partial charge on any atom is 0.191 e. The number of nitrogens with one attached hydrogen (secondary N) is 2. The third kappa shape index (κ3) is 4.03. The number of halogens is 1. The highest BCUT2D eigenvalue weighted by atomic mass is 32.1. The zero-order valence-electron chi connectivity index (χ0n) is 10.4. The highest BCUT2D eigenvalue weighted by molar-refractivity contribution is 7.80. The van der Waals surface area contributed by atoms with Crippen molar-refractivity contribution in [2.45, 2.75) is 0 Å². The van der Waals surface area contributed by atoms with Crippen molar-refractivity contribution in [2.75, 3.05) is 5.32 Å². The van der Waals surface area contributed by atoms with Gasteiger partial charge in [-0.1, -0.05) is 18.2 Å². The lowest BCUT2D eigenvalue weighted by Crippen LogP contribution is -2.23. The van der Waals surface area contributed by atoms with Crippen molar-refractivity contribution >= 4 is 29.2 Å². The van der Waals surface area contributed by atoms with Gasteiger partial charge in [-0.2, -0.15) is 5.10 Å². The van der Waals surface area contributed by atoms with Crippen molar-refractivity contribution in [1.29, 1.82) is 0 Å². The molecule has 3 N–H and O–H groups in total. The molecule has 6 heteroatoms. The number of phenols is 1. The zero-order chi connectivity index (χ0) is 14.4. The van der Waals surface area contributed by atoms with Crippen LogP contribution in [0.2, 0.25) is 0 Å². The first kappa shape index (κ1) is 14.0. The van der Waals surface area contributed by atoms with Crippen LogP contribution in [-0.4, -0.2) is 16.4 Å². The van der Waals surface area contributed by atoms with Crippen LogP contribution >= 0.6 is 12.2 Å². The minimum atomic E-state index is -0.351. The first-order valence-electron chi connectivity index (χ1n) is 5.79. The summed E-state index contributed by atoms with van der Waals surface area (Å²) in [6, 6.07) is 12.7. The van der Waals surface area contributed by atoms with Crippen LogP contribution in [0.4, 0.5) is 10.1 Å². The Kier molecular flexibility index (Phi) is 4.62. The van der Waals surface area contributed by atoms with E-state index < -0.39 is 0 Å². The van der Waals surface area contributed by atoms with Crippen LogP contribution in [0.25, 0.3) is 0 Å². The zero-order valence-corrected chi connectivity index (χ0v) is 11.2. The number of nitrogens with zero attached hydrogens (tertiary/aromatic N) is 1. The third-order valence-electron chi connectivity index (χ3n) is 2.39. The van der Waals surface area contributed by atoms with Gasteiger partial charge in [-0.15, -0.1) is 0 Å². The van der Waals surface area contributed by atoms with Gasteiger partial charge in [-0.25, -0.2) is 4.39 Å². The summed E-state index contributed by atoms with van der Waals surface area (Å²) in [7, 11) is 0. The molecule has 102 valence electrons. The van der Waals surface area contributed by atoms with Crippen LogP contribution in [0, 0.1) is 5.82 Å². The Labute approximate surface area is 121 Å². The van der Waals surface area contributed by atoms with Gasteiger partial charge < -0.3 is 10.4 Å². The van der Waals surface area contributed by atoms with Gasteiger partial charge in [0, 0.05) is 11.3 Å². The number of rotatable bonds is 3. The van der Waals surface area contributed by atoms with E-state index in [1.165, 1.54) is 18.3 Å². The number of benzene rings is 2. The Morgan fingerprint density at radius 1 is 1.20 bits per heavy atom. The molecule has 0 spiro atoms. The van der Waals surface area contributed by atoms with E-state index in [0.717, 1.165) is 0 Å². The molecule has 2 aromatic rings. The van der Waals surface area contributed by atoms with Gasteiger partial charge in [0.2, 0.25) is 0 Å². The van der Waals surface area contributed by atoms with Gasteiger partial charge in [0.1, 0.15) is 11.6 Å². The van der Waals surface area contributed by atoms with Crippen LogP contribution in [0.15, 0.2) is 53.6 Å². The number of thiocarbonyl (C=S) groups is 1. The number of hydrogen-bond donors (Lipinski definition) is 3. The highest BCUT2D eigenvalue weighted by Gasteiger charge is 1.98. The van der Waals surface area contributed by atoms with Gasteiger partial charge in [-0.3, -0.25) is 5.43 Å². The van der Waals surface area contributed by atoms with E-state index in [4.69, 9.17) is 12.2 Å². The molecule has 0 amide bonds. The number of phenolic OH excluding ortho intramolecular Hbond substituents is 1. The van der Waals surface area contributed by atoms with Crippen molar-refractivity contribution in [3.8, 4) is 5.75 Å². The molecular formula is C14H12FN3OS. The molecule has 0 saturated heterocycles. The van der Waals surface area contributed by atoms with Gasteiger partial charge in [0.05, 0.1) is 6.21 Å². The second-order valence-electron chi connectivity index (χ2n) is 3.89. The molecule has 20 heavy (non-hydrogen) atoms. The fourth-order valence-corrected chi connectivity index (χ4v) is 1.65. The standard InChI is InChI=1S/C14H12FN3OS/c15-11-5-3-6-12(8-11)17-14(20)18-16-9-10-4-1-2-7-13(10)19/h1-9,19H,(H2,17,18,20)/b16-9+. The fraction of sp³-hybridized carbons (Fsp3) is 0. The van der Waals surface area contributed by atoms with Crippen molar-refractivity contribution in [1.82, 2.24) is 5.43 Å². The largest absolute Gasteiger partial charge is 0.507 e. The molecule has 0 bridgehead atoms. The Bertz CT molecular complexity index is 646. The average molecular weight is 289 g/mol. The van der Waals surface area contributed by atoms with E-state index in [0.29, 0.717) is 11.3 Å². The molecule has 2 aromatic carbocycles. The lowest BCUT2D eigenvalue weighted by atomic mass is 10.2. The van der Waals surface area contributed by atoms with E-state index in [9.17, 15) is 9.50 Å². The summed E-state index contributed by atoms with van der Waals surface area (Å²) in [5.74, 6) is -0.224.